The Morgan fingerprint density at radius 3 is 2.88 bits per heavy atom. The second-order valence-corrected chi connectivity index (χ2v) is 7.95. The molecular formula is C19H28N4O2. The van der Waals surface area contributed by atoms with Crippen molar-refractivity contribution in [1.82, 2.24) is 15.1 Å². The molecule has 1 saturated carbocycles. The highest BCUT2D eigenvalue weighted by Crippen LogP contribution is 2.49. The zero-order chi connectivity index (χ0) is 17.3. The van der Waals surface area contributed by atoms with Crippen molar-refractivity contribution in [3.63, 3.8) is 0 Å². The van der Waals surface area contributed by atoms with E-state index in [2.05, 4.69) is 21.2 Å². The summed E-state index contributed by atoms with van der Waals surface area (Å²) in [6.45, 7) is 6.67. The Balaban J connectivity index is 1.36. The maximum Gasteiger partial charge on any atom is 0.248 e. The van der Waals surface area contributed by atoms with Gasteiger partial charge in [-0.15, -0.1) is 5.10 Å². The van der Waals surface area contributed by atoms with Gasteiger partial charge in [0.25, 0.3) is 0 Å². The highest BCUT2D eigenvalue weighted by molar-refractivity contribution is 5.77. The normalized spacial score (nSPS) is 28.6. The third-order valence-corrected chi connectivity index (χ3v) is 6.22. The monoisotopic (exact) mass is 344 g/mol. The van der Waals surface area contributed by atoms with Gasteiger partial charge < -0.3 is 14.5 Å². The number of ether oxygens (including phenoxy) is 1. The Hall–Kier alpha value is -1.69. The van der Waals surface area contributed by atoms with E-state index in [1.54, 1.807) is 0 Å². The van der Waals surface area contributed by atoms with Crippen molar-refractivity contribution in [1.29, 1.82) is 0 Å². The summed E-state index contributed by atoms with van der Waals surface area (Å²) in [6, 6.07) is 4.09. The lowest BCUT2D eigenvalue weighted by atomic mass is 9.82. The van der Waals surface area contributed by atoms with Crippen LogP contribution < -0.4 is 4.90 Å². The van der Waals surface area contributed by atoms with E-state index in [4.69, 9.17) is 4.74 Å². The quantitative estimate of drug-likeness (QED) is 0.818. The van der Waals surface area contributed by atoms with Gasteiger partial charge in [-0.25, -0.2) is 0 Å². The lowest BCUT2D eigenvalue weighted by Gasteiger charge is -2.29. The molecule has 3 fully saturated rings. The fourth-order valence-corrected chi connectivity index (χ4v) is 4.78. The first kappa shape index (κ1) is 16.8. The molecule has 0 N–H and O–H groups in total. The highest BCUT2D eigenvalue weighted by Gasteiger charge is 2.50. The van der Waals surface area contributed by atoms with Crippen molar-refractivity contribution in [2.45, 2.75) is 39.0 Å². The van der Waals surface area contributed by atoms with Gasteiger partial charge >= 0.3 is 0 Å². The number of carbonyl (C=O) groups is 1. The number of fused-ring (bicyclic) bond motifs is 1. The molecule has 1 aromatic rings. The predicted octanol–water partition coefficient (Wildman–Crippen LogP) is 2.03. The molecule has 1 amide bonds. The molecule has 136 valence electrons. The molecule has 1 aromatic heterocycles. The van der Waals surface area contributed by atoms with Gasteiger partial charge in [-0.2, -0.15) is 5.10 Å². The largest absolute Gasteiger partial charge is 0.371 e. The maximum atomic E-state index is 12.2. The van der Waals surface area contributed by atoms with Gasteiger partial charge in [-0.05, 0) is 50.7 Å². The van der Waals surface area contributed by atoms with Gasteiger partial charge in [0, 0.05) is 31.6 Å². The zero-order valence-corrected chi connectivity index (χ0v) is 15.1. The summed E-state index contributed by atoms with van der Waals surface area (Å²) in [5, 5.41) is 8.55. The molecule has 2 saturated heterocycles. The van der Waals surface area contributed by atoms with E-state index < -0.39 is 0 Å². The van der Waals surface area contributed by atoms with E-state index in [9.17, 15) is 4.79 Å². The zero-order valence-electron chi connectivity index (χ0n) is 15.1. The molecule has 3 heterocycles. The van der Waals surface area contributed by atoms with Crippen LogP contribution in [0.15, 0.2) is 12.1 Å². The molecule has 0 unspecified atom stereocenters. The molecule has 3 aliphatic rings. The van der Waals surface area contributed by atoms with Crippen LogP contribution in [0.1, 0.15) is 37.8 Å². The van der Waals surface area contributed by atoms with Crippen LogP contribution in [-0.4, -0.2) is 60.4 Å². The second kappa shape index (κ2) is 6.90. The number of hydrogen-bond donors (Lipinski definition) is 0. The van der Waals surface area contributed by atoms with Crippen molar-refractivity contribution >= 4 is 11.7 Å². The van der Waals surface area contributed by atoms with Crippen molar-refractivity contribution in [3.05, 3.63) is 17.8 Å². The number of hydrogen-bond acceptors (Lipinski definition) is 5. The highest BCUT2D eigenvalue weighted by atomic mass is 16.5. The van der Waals surface area contributed by atoms with Gasteiger partial charge in [-0.1, -0.05) is 6.42 Å². The maximum absolute atomic E-state index is 12.2. The lowest BCUT2D eigenvalue weighted by molar-refractivity contribution is -0.136. The van der Waals surface area contributed by atoms with Crippen LogP contribution in [0.2, 0.25) is 0 Å². The van der Waals surface area contributed by atoms with E-state index in [0.717, 1.165) is 50.5 Å². The van der Waals surface area contributed by atoms with Crippen LogP contribution in [0.4, 0.5) is 5.82 Å². The lowest BCUT2D eigenvalue weighted by Crippen LogP contribution is -2.36. The molecular weight excluding hydrogens is 316 g/mol. The Morgan fingerprint density at radius 2 is 2.12 bits per heavy atom. The molecule has 6 heteroatoms. The molecule has 0 aromatic carbocycles. The standard InChI is InChI=1S/C19H28N4O2/c1-15-6-7-17(21-20-15)23-11-16-5-4-8-19(16,13-23)14-25-12-18(24)22-9-2-3-10-22/h6-7,16H,2-5,8-14H2,1H3/t16-,19+/m1/s1. The number of likely N-dealkylation sites (tertiary alicyclic amines) is 1. The summed E-state index contributed by atoms with van der Waals surface area (Å²) < 4.78 is 5.95. The SMILES string of the molecule is Cc1ccc(N2C[C@H]3CCC[C@@]3(COCC(=O)N3CCCC3)C2)nn1. The van der Waals surface area contributed by atoms with E-state index in [1.807, 2.05) is 17.9 Å². The van der Waals surface area contributed by atoms with Crippen LogP contribution in [-0.2, 0) is 9.53 Å². The van der Waals surface area contributed by atoms with Gasteiger partial charge in [0.2, 0.25) is 5.91 Å². The number of anilines is 1. The summed E-state index contributed by atoms with van der Waals surface area (Å²) in [6.07, 6.45) is 5.96. The summed E-state index contributed by atoms with van der Waals surface area (Å²) >= 11 is 0. The van der Waals surface area contributed by atoms with Crippen molar-refractivity contribution in [2.75, 3.05) is 44.3 Å². The van der Waals surface area contributed by atoms with Gasteiger partial charge in [0.1, 0.15) is 6.61 Å². The molecule has 2 aliphatic heterocycles. The Labute approximate surface area is 149 Å². The molecule has 25 heavy (non-hydrogen) atoms. The minimum Gasteiger partial charge on any atom is -0.371 e. The molecule has 2 atom stereocenters. The molecule has 0 radical (unpaired) electrons. The first-order valence-corrected chi connectivity index (χ1v) is 9.57. The number of carbonyl (C=O) groups excluding carboxylic acids is 1. The molecule has 0 spiro atoms. The minimum atomic E-state index is 0.155. The first-order valence-electron chi connectivity index (χ1n) is 9.57. The minimum absolute atomic E-state index is 0.155. The van der Waals surface area contributed by atoms with Crippen molar-refractivity contribution in [3.8, 4) is 0 Å². The summed E-state index contributed by atoms with van der Waals surface area (Å²) in [5.41, 5.74) is 1.12. The van der Waals surface area contributed by atoms with Crippen LogP contribution in [0.25, 0.3) is 0 Å². The fraction of sp³-hybridized carbons (Fsp3) is 0.737. The van der Waals surface area contributed by atoms with Crippen molar-refractivity contribution in [2.24, 2.45) is 11.3 Å². The summed E-state index contributed by atoms with van der Waals surface area (Å²) in [4.78, 5) is 16.5. The predicted molar refractivity (Wildman–Crippen MR) is 95.4 cm³/mol. The molecule has 6 nitrogen and oxygen atoms in total. The average molecular weight is 344 g/mol. The van der Waals surface area contributed by atoms with Gasteiger partial charge in [-0.3, -0.25) is 4.79 Å². The smallest absolute Gasteiger partial charge is 0.248 e. The van der Waals surface area contributed by atoms with Crippen LogP contribution in [0, 0.1) is 18.3 Å². The summed E-state index contributed by atoms with van der Waals surface area (Å²) in [5.74, 6) is 1.76. The van der Waals surface area contributed by atoms with Crippen LogP contribution in [0.5, 0.6) is 0 Å². The van der Waals surface area contributed by atoms with Crippen molar-refractivity contribution < 1.29 is 9.53 Å². The van der Waals surface area contributed by atoms with E-state index in [-0.39, 0.29) is 17.9 Å². The van der Waals surface area contributed by atoms with Gasteiger partial charge in [0.05, 0.1) is 12.3 Å². The number of rotatable bonds is 5. The molecule has 0 bridgehead atoms. The second-order valence-electron chi connectivity index (χ2n) is 7.95. The van der Waals surface area contributed by atoms with E-state index in [0.29, 0.717) is 12.5 Å². The fourth-order valence-electron chi connectivity index (χ4n) is 4.78. The third-order valence-electron chi connectivity index (χ3n) is 6.22. The number of aromatic nitrogens is 2. The van der Waals surface area contributed by atoms with E-state index >= 15 is 0 Å². The Bertz CT molecular complexity index is 614. The number of amides is 1. The summed E-state index contributed by atoms with van der Waals surface area (Å²) in [7, 11) is 0. The average Bonchev–Trinajstić information content (AvgIpc) is 3.31. The molecule has 1 aliphatic carbocycles. The van der Waals surface area contributed by atoms with Gasteiger partial charge in [0.15, 0.2) is 5.82 Å². The Morgan fingerprint density at radius 1 is 1.28 bits per heavy atom. The first-order chi connectivity index (χ1) is 12.2. The third kappa shape index (κ3) is 3.36. The molecule has 4 rings (SSSR count). The topological polar surface area (TPSA) is 58.6 Å². The van der Waals surface area contributed by atoms with E-state index in [1.165, 1.54) is 19.3 Å². The Kier molecular flexibility index (Phi) is 4.63. The van der Waals surface area contributed by atoms with Crippen LogP contribution >= 0.6 is 0 Å². The number of nitrogens with zero attached hydrogens (tertiary/aromatic N) is 4. The van der Waals surface area contributed by atoms with Crippen LogP contribution in [0.3, 0.4) is 0 Å². The number of aryl methyl sites for hydroxylation is 1.